The number of nitrogens with one attached hydrogen (secondary N) is 1. The zero-order chi connectivity index (χ0) is 16.2. The van der Waals surface area contributed by atoms with Gasteiger partial charge in [0.05, 0.1) is 5.56 Å². The highest BCUT2D eigenvalue weighted by molar-refractivity contribution is 9.10. The van der Waals surface area contributed by atoms with Gasteiger partial charge in [0.1, 0.15) is 24.0 Å². The maximum atomic E-state index is 9.34. The van der Waals surface area contributed by atoms with Gasteiger partial charge < -0.3 is 10.2 Å². The van der Waals surface area contributed by atoms with E-state index in [9.17, 15) is 5.26 Å². The van der Waals surface area contributed by atoms with E-state index in [2.05, 4.69) is 47.2 Å². The Morgan fingerprint density at radius 2 is 2.22 bits per heavy atom. The maximum absolute atomic E-state index is 9.34. The van der Waals surface area contributed by atoms with Crippen molar-refractivity contribution in [1.29, 1.82) is 5.26 Å². The molecule has 7 heteroatoms. The molecular weight excluding hydrogens is 356 g/mol. The Morgan fingerprint density at radius 3 is 3.00 bits per heavy atom. The number of aryl methyl sites for hydroxylation is 1. The van der Waals surface area contributed by atoms with Gasteiger partial charge in [0.25, 0.3) is 0 Å². The second-order valence-electron chi connectivity index (χ2n) is 5.61. The molecule has 23 heavy (non-hydrogen) atoms. The average molecular weight is 373 g/mol. The molecule has 1 saturated heterocycles. The SMILES string of the molecule is Cc1cc(NC2CCCN(c3ncc(Br)cc3C#N)C2)ncn1. The molecule has 0 saturated carbocycles. The number of anilines is 2. The van der Waals surface area contributed by atoms with Gasteiger partial charge in [-0.2, -0.15) is 5.26 Å². The summed E-state index contributed by atoms with van der Waals surface area (Å²) in [4.78, 5) is 15.0. The number of halogens is 1. The molecule has 1 unspecified atom stereocenters. The minimum atomic E-state index is 0.273. The predicted molar refractivity (Wildman–Crippen MR) is 92.3 cm³/mol. The van der Waals surface area contributed by atoms with Crippen LogP contribution in [-0.4, -0.2) is 34.1 Å². The fourth-order valence-corrected chi connectivity index (χ4v) is 3.13. The minimum Gasteiger partial charge on any atom is -0.365 e. The number of piperidine rings is 1. The first kappa shape index (κ1) is 15.7. The summed E-state index contributed by atoms with van der Waals surface area (Å²) in [6, 6.07) is 6.26. The van der Waals surface area contributed by atoms with Crippen LogP contribution in [0.3, 0.4) is 0 Å². The lowest BCUT2D eigenvalue weighted by molar-refractivity contribution is 0.525. The summed E-state index contributed by atoms with van der Waals surface area (Å²) in [6.07, 6.45) is 5.42. The summed E-state index contributed by atoms with van der Waals surface area (Å²) in [7, 11) is 0. The van der Waals surface area contributed by atoms with E-state index in [0.717, 1.165) is 47.7 Å². The molecule has 0 aliphatic carbocycles. The molecule has 3 rings (SSSR count). The van der Waals surface area contributed by atoms with E-state index >= 15 is 0 Å². The Labute approximate surface area is 143 Å². The Bertz CT molecular complexity index is 742. The average Bonchev–Trinajstić information content (AvgIpc) is 2.55. The molecule has 0 bridgehead atoms. The number of hydrogen-bond acceptors (Lipinski definition) is 6. The third-order valence-corrected chi connectivity index (χ3v) is 4.26. The van der Waals surface area contributed by atoms with E-state index in [1.54, 1.807) is 12.5 Å². The fourth-order valence-electron chi connectivity index (χ4n) is 2.80. The monoisotopic (exact) mass is 372 g/mol. The van der Waals surface area contributed by atoms with Crippen molar-refractivity contribution in [2.24, 2.45) is 0 Å². The fraction of sp³-hybridized carbons (Fsp3) is 0.375. The second-order valence-corrected chi connectivity index (χ2v) is 6.53. The molecule has 2 aromatic heterocycles. The van der Waals surface area contributed by atoms with Crippen molar-refractivity contribution >= 4 is 27.6 Å². The molecule has 2 aromatic rings. The van der Waals surface area contributed by atoms with Gasteiger partial charge in [-0.25, -0.2) is 15.0 Å². The zero-order valence-electron chi connectivity index (χ0n) is 12.8. The molecular formula is C16H17BrN6. The van der Waals surface area contributed by atoms with Crippen molar-refractivity contribution in [2.45, 2.75) is 25.8 Å². The van der Waals surface area contributed by atoms with Crippen LogP contribution in [0.2, 0.25) is 0 Å². The van der Waals surface area contributed by atoms with E-state index in [4.69, 9.17) is 0 Å². The molecule has 0 spiro atoms. The van der Waals surface area contributed by atoms with Gasteiger partial charge in [-0.3, -0.25) is 0 Å². The standard InChI is InChI=1S/C16H17BrN6/c1-11-5-15(21-10-20-11)22-14-3-2-4-23(9-14)16-12(7-18)6-13(17)8-19-16/h5-6,8,10,14H,2-4,9H2,1H3,(H,20,21,22). The van der Waals surface area contributed by atoms with Gasteiger partial charge in [-0.15, -0.1) is 0 Å². The lowest BCUT2D eigenvalue weighted by Gasteiger charge is -2.34. The number of rotatable bonds is 3. The smallest absolute Gasteiger partial charge is 0.146 e. The van der Waals surface area contributed by atoms with Crippen molar-refractivity contribution < 1.29 is 0 Å². The number of nitrogens with zero attached hydrogens (tertiary/aromatic N) is 5. The Morgan fingerprint density at radius 1 is 1.35 bits per heavy atom. The Kier molecular flexibility index (Phi) is 4.72. The molecule has 118 valence electrons. The maximum Gasteiger partial charge on any atom is 0.146 e. The first-order valence-corrected chi connectivity index (χ1v) is 8.31. The van der Waals surface area contributed by atoms with Crippen LogP contribution in [0, 0.1) is 18.3 Å². The van der Waals surface area contributed by atoms with Crippen LogP contribution in [0.4, 0.5) is 11.6 Å². The third kappa shape index (κ3) is 3.77. The molecule has 6 nitrogen and oxygen atoms in total. The van der Waals surface area contributed by atoms with Gasteiger partial charge in [0, 0.05) is 41.6 Å². The van der Waals surface area contributed by atoms with E-state index in [-0.39, 0.29) is 6.04 Å². The number of pyridine rings is 1. The quantitative estimate of drug-likeness (QED) is 0.892. The van der Waals surface area contributed by atoms with E-state index < -0.39 is 0 Å². The normalized spacial score (nSPS) is 17.6. The first-order valence-electron chi connectivity index (χ1n) is 7.51. The van der Waals surface area contributed by atoms with Crippen LogP contribution in [0.1, 0.15) is 24.1 Å². The summed E-state index contributed by atoms with van der Waals surface area (Å²) in [5, 5.41) is 12.8. The predicted octanol–water partition coefficient (Wildman–Crippen LogP) is 2.90. The lowest BCUT2D eigenvalue weighted by atomic mass is 10.0. The summed E-state index contributed by atoms with van der Waals surface area (Å²) < 4.78 is 0.820. The van der Waals surface area contributed by atoms with Crippen LogP contribution < -0.4 is 10.2 Å². The molecule has 0 amide bonds. The highest BCUT2D eigenvalue weighted by atomic mass is 79.9. The van der Waals surface area contributed by atoms with Crippen molar-refractivity contribution in [1.82, 2.24) is 15.0 Å². The summed E-state index contributed by atoms with van der Waals surface area (Å²) >= 11 is 3.37. The van der Waals surface area contributed by atoms with Crippen molar-refractivity contribution in [3.8, 4) is 6.07 Å². The summed E-state index contributed by atoms with van der Waals surface area (Å²) in [6.45, 7) is 3.65. The molecule has 1 fully saturated rings. The van der Waals surface area contributed by atoms with E-state index in [0.29, 0.717) is 5.56 Å². The van der Waals surface area contributed by atoms with Crippen molar-refractivity contribution in [2.75, 3.05) is 23.3 Å². The van der Waals surface area contributed by atoms with Crippen LogP contribution in [-0.2, 0) is 0 Å². The largest absolute Gasteiger partial charge is 0.365 e. The van der Waals surface area contributed by atoms with Crippen molar-refractivity contribution in [3.05, 3.63) is 40.4 Å². The molecule has 1 aliphatic rings. The molecule has 1 N–H and O–H groups in total. The second kappa shape index (κ2) is 6.92. The Balaban J connectivity index is 1.75. The highest BCUT2D eigenvalue weighted by Gasteiger charge is 2.23. The minimum absolute atomic E-state index is 0.273. The number of hydrogen-bond donors (Lipinski definition) is 1. The Hall–Kier alpha value is -2.20. The molecule has 0 radical (unpaired) electrons. The highest BCUT2D eigenvalue weighted by Crippen LogP contribution is 2.25. The van der Waals surface area contributed by atoms with Crippen LogP contribution in [0.15, 0.2) is 29.1 Å². The third-order valence-electron chi connectivity index (χ3n) is 3.83. The number of nitriles is 1. The van der Waals surface area contributed by atoms with Gasteiger partial charge >= 0.3 is 0 Å². The summed E-state index contributed by atoms with van der Waals surface area (Å²) in [5.41, 5.74) is 1.54. The van der Waals surface area contributed by atoms with Crippen LogP contribution >= 0.6 is 15.9 Å². The van der Waals surface area contributed by atoms with Crippen LogP contribution in [0.5, 0.6) is 0 Å². The summed E-state index contributed by atoms with van der Waals surface area (Å²) in [5.74, 6) is 1.59. The molecule has 3 heterocycles. The molecule has 1 atom stereocenters. The van der Waals surface area contributed by atoms with Gasteiger partial charge in [0.15, 0.2) is 0 Å². The molecule has 0 aromatic carbocycles. The molecule has 1 aliphatic heterocycles. The van der Waals surface area contributed by atoms with Crippen LogP contribution in [0.25, 0.3) is 0 Å². The first-order chi connectivity index (χ1) is 11.2. The lowest BCUT2D eigenvalue weighted by Crippen LogP contribution is -2.43. The van der Waals surface area contributed by atoms with E-state index in [1.165, 1.54) is 0 Å². The van der Waals surface area contributed by atoms with E-state index in [1.807, 2.05) is 19.1 Å². The van der Waals surface area contributed by atoms with Gasteiger partial charge in [-0.1, -0.05) is 0 Å². The van der Waals surface area contributed by atoms with Gasteiger partial charge in [-0.05, 0) is 41.8 Å². The number of aromatic nitrogens is 3. The topological polar surface area (TPSA) is 77.7 Å². The van der Waals surface area contributed by atoms with Gasteiger partial charge in [0.2, 0.25) is 0 Å². The zero-order valence-corrected chi connectivity index (χ0v) is 14.4. The van der Waals surface area contributed by atoms with Crippen molar-refractivity contribution in [3.63, 3.8) is 0 Å².